The molecule has 0 fully saturated rings. The highest BCUT2D eigenvalue weighted by Crippen LogP contribution is 2.22. The second-order valence-corrected chi connectivity index (χ2v) is 5.44. The molecule has 0 aliphatic carbocycles. The predicted molar refractivity (Wildman–Crippen MR) is 85.9 cm³/mol. The fourth-order valence-electron chi connectivity index (χ4n) is 2.70. The molecule has 0 spiro atoms. The Kier molecular flexibility index (Phi) is 2.79. The minimum Gasteiger partial charge on any atom is -0.349 e. The number of aromatic nitrogens is 4. The minimum atomic E-state index is -0.0669. The van der Waals surface area contributed by atoms with Gasteiger partial charge in [-0.15, -0.1) is 0 Å². The third-order valence-electron chi connectivity index (χ3n) is 3.80. The molecule has 0 amide bonds. The van der Waals surface area contributed by atoms with E-state index in [4.69, 9.17) is 0 Å². The van der Waals surface area contributed by atoms with Crippen molar-refractivity contribution in [1.82, 2.24) is 19.5 Å². The van der Waals surface area contributed by atoms with Crippen molar-refractivity contribution in [3.05, 3.63) is 70.5 Å². The largest absolute Gasteiger partial charge is 0.349 e. The molecule has 22 heavy (non-hydrogen) atoms. The van der Waals surface area contributed by atoms with Crippen molar-refractivity contribution in [1.29, 1.82) is 0 Å². The molecular formula is C17H14N4O. The number of fused-ring (bicyclic) bond motifs is 3. The van der Waals surface area contributed by atoms with Crippen LogP contribution in [0.15, 0.2) is 53.8 Å². The molecule has 0 saturated carbocycles. The molecule has 0 aliphatic rings. The SMILES string of the molecule is Cc1ccc2[nH]c3c(=O)n(Cc4cccnc4)cnc3c2c1. The zero-order chi connectivity index (χ0) is 15.1. The van der Waals surface area contributed by atoms with Crippen molar-refractivity contribution in [3.63, 3.8) is 0 Å². The molecule has 4 aromatic rings. The van der Waals surface area contributed by atoms with Crippen LogP contribution < -0.4 is 5.56 Å². The molecule has 3 aromatic heterocycles. The van der Waals surface area contributed by atoms with Crippen LogP contribution in [-0.2, 0) is 6.54 Å². The number of H-pyrrole nitrogens is 1. The van der Waals surface area contributed by atoms with Crippen LogP contribution in [0.4, 0.5) is 0 Å². The zero-order valence-corrected chi connectivity index (χ0v) is 12.1. The van der Waals surface area contributed by atoms with E-state index in [9.17, 15) is 4.79 Å². The van der Waals surface area contributed by atoms with Gasteiger partial charge in [0.05, 0.1) is 12.9 Å². The third kappa shape index (κ3) is 1.98. The summed E-state index contributed by atoms with van der Waals surface area (Å²) in [6, 6.07) is 9.85. The van der Waals surface area contributed by atoms with Crippen LogP contribution in [-0.4, -0.2) is 19.5 Å². The van der Waals surface area contributed by atoms with E-state index in [1.54, 1.807) is 23.3 Å². The second kappa shape index (κ2) is 4.80. The van der Waals surface area contributed by atoms with Gasteiger partial charge in [0.2, 0.25) is 0 Å². The number of aromatic amines is 1. The Bertz CT molecular complexity index is 1030. The fourth-order valence-corrected chi connectivity index (χ4v) is 2.70. The maximum absolute atomic E-state index is 12.7. The van der Waals surface area contributed by atoms with Gasteiger partial charge in [-0.3, -0.25) is 14.3 Å². The van der Waals surface area contributed by atoms with Gasteiger partial charge in [-0.1, -0.05) is 17.7 Å². The topological polar surface area (TPSA) is 63.6 Å². The highest BCUT2D eigenvalue weighted by molar-refractivity contribution is 6.04. The third-order valence-corrected chi connectivity index (χ3v) is 3.80. The van der Waals surface area contributed by atoms with E-state index in [0.29, 0.717) is 12.1 Å². The van der Waals surface area contributed by atoms with Crippen molar-refractivity contribution < 1.29 is 0 Å². The van der Waals surface area contributed by atoms with Crippen molar-refractivity contribution >= 4 is 21.9 Å². The van der Waals surface area contributed by atoms with Crippen molar-refractivity contribution in [2.75, 3.05) is 0 Å². The van der Waals surface area contributed by atoms with Gasteiger partial charge in [0, 0.05) is 23.3 Å². The Labute approximate surface area is 126 Å². The summed E-state index contributed by atoms with van der Waals surface area (Å²) >= 11 is 0. The summed E-state index contributed by atoms with van der Waals surface area (Å²) in [6.45, 7) is 2.49. The molecule has 0 bridgehead atoms. The Morgan fingerprint density at radius 2 is 2.18 bits per heavy atom. The second-order valence-electron chi connectivity index (χ2n) is 5.44. The highest BCUT2D eigenvalue weighted by Gasteiger charge is 2.11. The molecule has 108 valence electrons. The first-order chi connectivity index (χ1) is 10.7. The number of rotatable bonds is 2. The molecule has 5 heteroatoms. The first-order valence-corrected chi connectivity index (χ1v) is 7.09. The van der Waals surface area contributed by atoms with E-state index >= 15 is 0 Å². The number of nitrogens with zero attached hydrogens (tertiary/aromatic N) is 3. The smallest absolute Gasteiger partial charge is 0.277 e. The lowest BCUT2D eigenvalue weighted by molar-refractivity contribution is 0.744. The van der Waals surface area contributed by atoms with Gasteiger partial charge >= 0.3 is 0 Å². The summed E-state index contributed by atoms with van der Waals surface area (Å²) in [5, 5.41) is 0.987. The lowest BCUT2D eigenvalue weighted by Gasteiger charge is -2.04. The molecule has 0 atom stereocenters. The summed E-state index contributed by atoms with van der Waals surface area (Å²) in [6.07, 6.45) is 5.08. The molecule has 1 aromatic carbocycles. The molecular weight excluding hydrogens is 276 g/mol. The highest BCUT2D eigenvalue weighted by atomic mass is 16.1. The number of nitrogens with one attached hydrogen (secondary N) is 1. The summed E-state index contributed by atoms with van der Waals surface area (Å²) < 4.78 is 1.60. The van der Waals surface area contributed by atoms with Gasteiger partial charge < -0.3 is 4.98 Å². The van der Waals surface area contributed by atoms with Gasteiger partial charge in [0.15, 0.2) is 0 Å². The van der Waals surface area contributed by atoms with Crippen molar-refractivity contribution in [2.24, 2.45) is 0 Å². The number of benzene rings is 1. The van der Waals surface area contributed by atoms with Crippen LogP contribution in [0.25, 0.3) is 21.9 Å². The average Bonchev–Trinajstić information content (AvgIpc) is 2.90. The first kappa shape index (κ1) is 12.8. The van der Waals surface area contributed by atoms with Gasteiger partial charge in [-0.2, -0.15) is 0 Å². The number of aryl methyl sites for hydroxylation is 1. The molecule has 0 saturated heterocycles. The van der Waals surface area contributed by atoms with E-state index in [-0.39, 0.29) is 5.56 Å². The Morgan fingerprint density at radius 1 is 1.27 bits per heavy atom. The molecule has 0 radical (unpaired) electrons. The maximum Gasteiger partial charge on any atom is 0.277 e. The maximum atomic E-state index is 12.7. The lowest BCUT2D eigenvalue weighted by atomic mass is 10.2. The Balaban J connectivity index is 1.90. The normalized spacial score (nSPS) is 11.3. The number of pyridine rings is 1. The molecule has 0 aliphatic heterocycles. The number of hydrogen-bond acceptors (Lipinski definition) is 3. The van der Waals surface area contributed by atoms with Crippen LogP contribution in [0, 0.1) is 6.92 Å². The van der Waals surface area contributed by atoms with Crippen LogP contribution in [0.3, 0.4) is 0 Å². The van der Waals surface area contributed by atoms with E-state index in [0.717, 1.165) is 27.5 Å². The van der Waals surface area contributed by atoms with Crippen LogP contribution >= 0.6 is 0 Å². The summed E-state index contributed by atoms with van der Waals surface area (Å²) in [4.78, 5) is 24.4. The van der Waals surface area contributed by atoms with Crippen LogP contribution in [0.5, 0.6) is 0 Å². The fraction of sp³-hybridized carbons (Fsp3) is 0.118. The van der Waals surface area contributed by atoms with E-state index in [1.807, 2.05) is 37.3 Å². The molecule has 0 unspecified atom stereocenters. The number of hydrogen-bond donors (Lipinski definition) is 1. The Morgan fingerprint density at radius 3 is 3.00 bits per heavy atom. The van der Waals surface area contributed by atoms with Gasteiger partial charge in [-0.25, -0.2) is 4.98 Å². The van der Waals surface area contributed by atoms with E-state index in [2.05, 4.69) is 15.0 Å². The van der Waals surface area contributed by atoms with Crippen molar-refractivity contribution in [2.45, 2.75) is 13.5 Å². The first-order valence-electron chi connectivity index (χ1n) is 7.09. The summed E-state index contributed by atoms with van der Waals surface area (Å²) in [7, 11) is 0. The van der Waals surface area contributed by atoms with Crippen LogP contribution in [0.2, 0.25) is 0 Å². The lowest BCUT2D eigenvalue weighted by Crippen LogP contribution is -2.21. The van der Waals surface area contributed by atoms with Gasteiger partial charge in [-0.05, 0) is 30.7 Å². The van der Waals surface area contributed by atoms with Gasteiger partial charge in [0.25, 0.3) is 5.56 Å². The molecule has 1 N–H and O–H groups in total. The van der Waals surface area contributed by atoms with Gasteiger partial charge in [0.1, 0.15) is 11.0 Å². The van der Waals surface area contributed by atoms with E-state index < -0.39 is 0 Å². The monoisotopic (exact) mass is 290 g/mol. The Hall–Kier alpha value is -2.95. The summed E-state index contributed by atoms with van der Waals surface area (Å²) in [5.74, 6) is 0. The zero-order valence-electron chi connectivity index (χ0n) is 12.1. The van der Waals surface area contributed by atoms with E-state index in [1.165, 1.54) is 0 Å². The summed E-state index contributed by atoms with van der Waals surface area (Å²) in [5.41, 5.74) is 4.26. The molecule has 4 rings (SSSR count). The predicted octanol–water partition coefficient (Wildman–Crippen LogP) is 2.63. The average molecular weight is 290 g/mol. The quantitative estimate of drug-likeness (QED) is 0.617. The van der Waals surface area contributed by atoms with Crippen LogP contribution in [0.1, 0.15) is 11.1 Å². The molecule has 5 nitrogen and oxygen atoms in total. The minimum absolute atomic E-state index is 0.0669. The standard InChI is InChI=1S/C17H14N4O/c1-11-4-5-14-13(7-11)15-16(20-14)17(22)21(10-19-15)9-12-3-2-6-18-8-12/h2-8,10,20H,9H2,1H3. The van der Waals surface area contributed by atoms with Crippen molar-refractivity contribution in [3.8, 4) is 0 Å². The molecule has 3 heterocycles.